The molecule has 0 spiro atoms. The third-order valence-electron chi connectivity index (χ3n) is 5.47. The maximum absolute atomic E-state index is 12.7. The second-order valence-electron chi connectivity index (χ2n) is 7.94. The number of pyridine rings is 1. The predicted octanol–water partition coefficient (Wildman–Crippen LogP) is 3.98. The highest BCUT2D eigenvalue weighted by Crippen LogP contribution is 2.20. The molecule has 1 aliphatic heterocycles. The number of carbonyl (C=O) groups excluding carboxylic acids is 3. The van der Waals surface area contributed by atoms with Crippen molar-refractivity contribution < 1.29 is 14.4 Å². The largest absolute Gasteiger partial charge is 0.348 e. The van der Waals surface area contributed by atoms with Crippen LogP contribution in [0.1, 0.15) is 39.1 Å². The molecule has 2 heterocycles. The van der Waals surface area contributed by atoms with E-state index in [0.717, 1.165) is 31.5 Å². The van der Waals surface area contributed by atoms with Gasteiger partial charge < -0.3 is 15.5 Å². The van der Waals surface area contributed by atoms with Crippen LogP contribution >= 0.6 is 11.8 Å². The first kappa shape index (κ1) is 23.5. The van der Waals surface area contributed by atoms with E-state index in [-0.39, 0.29) is 23.5 Å². The van der Waals surface area contributed by atoms with Gasteiger partial charge in [0.1, 0.15) is 0 Å². The molecule has 0 saturated carbocycles. The predicted molar refractivity (Wildman–Crippen MR) is 133 cm³/mol. The number of benzene rings is 2. The SMILES string of the molecule is O=C(CSc1ccc(C(=O)N2CCCC2)cn1)Nc1ccccc1C(=O)NCc1ccccc1. The molecule has 1 fully saturated rings. The molecule has 8 heteroatoms. The van der Waals surface area contributed by atoms with Gasteiger partial charge >= 0.3 is 0 Å². The van der Waals surface area contributed by atoms with Gasteiger partial charge in [-0.05, 0) is 42.7 Å². The Morgan fingerprint density at radius 1 is 0.912 bits per heavy atom. The van der Waals surface area contributed by atoms with Crippen molar-refractivity contribution in [2.45, 2.75) is 24.4 Å². The van der Waals surface area contributed by atoms with Crippen LogP contribution in [0, 0.1) is 0 Å². The molecule has 1 saturated heterocycles. The average molecular weight is 475 g/mol. The normalized spacial score (nSPS) is 12.9. The fraction of sp³-hybridized carbons (Fsp3) is 0.231. The van der Waals surface area contributed by atoms with Crippen molar-refractivity contribution in [2.24, 2.45) is 0 Å². The van der Waals surface area contributed by atoms with E-state index < -0.39 is 0 Å². The number of nitrogens with zero attached hydrogens (tertiary/aromatic N) is 2. The van der Waals surface area contributed by atoms with E-state index in [0.29, 0.717) is 28.4 Å². The van der Waals surface area contributed by atoms with Crippen molar-refractivity contribution in [3.8, 4) is 0 Å². The van der Waals surface area contributed by atoms with Crippen LogP contribution in [0.3, 0.4) is 0 Å². The van der Waals surface area contributed by atoms with Gasteiger partial charge in [0.25, 0.3) is 11.8 Å². The summed E-state index contributed by atoms with van der Waals surface area (Å²) in [6.45, 7) is 1.99. The third kappa shape index (κ3) is 6.23. The number of carbonyl (C=O) groups is 3. The Morgan fingerprint density at radius 3 is 2.38 bits per heavy atom. The van der Waals surface area contributed by atoms with Gasteiger partial charge in [0.15, 0.2) is 0 Å². The zero-order valence-electron chi connectivity index (χ0n) is 18.7. The highest BCUT2D eigenvalue weighted by molar-refractivity contribution is 7.99. The van der Waals surface area contributed by atoms with Gasteiger partial charge in [-0.2, -0.15) is 0 Å². The number of anilines is 1. The Kier molecular flexibility index (Phi) is 7.93. The minimum Gasteiger partial charge on any atom is -0.348 e. The lowest BCUT2D eigenvalue weighted by Gasteiger charge is -2.14. The molecule has 0 bridgehead atoms. The van der Waals surface area contributed by atoms with Gasteiger partial charge in [-0.25, -0.2) is 4.98 Å². The van der Waals surface area contributed by atoms with Crippen LogP contribution in [-0.2, 0) is 11.3 Å². The molecule has 0 atom stereocenters. The number of aromatic nitrogens is 1. The van der Waals surface area contributed by atoms with Gasteiger partial charge in [-0.1, -0.05) is 54.2 Å². The average Bonchev–Trinajstić information content (AvgIpc) is 3.42. The Hall–Kier alpha value is -3.65. The first-order valence-corrected chi connectivity index (χ1v) is 12.2. The van der Waals surface area contributed by atoms with Crippen LogP contribution in [0.4, 0.5) is 5.69 Å². The molecule has 1 aromatic heterocycles. The van der Waals surface area contributed by atoms with E-state index in [9.17, 15) is 14.4 Å². The number of nitrogens with one attached hydrogen (secondary N) is 2. The Morgan fingerprint density at radius 2 is 1.65 bits per heavy atom. The summed E-state index contributed by atoms with van der Waals surface area (Å²) >= 11 is 1.27. The number of para-hydroxylation sites is 1. The molecular weight excluding hydrogens is 448 g/mol. The van der Waals surface area contributed by atoms with Gasteiger partial charge in [-0.15, -0.1) is 0 Å². The highest BCUT2D eigenvalue weighted by atomic mass is 32.2. The number of likely N-dealkylation sites (tertiary alicyclic amines) is 1. The Balaban J connectivity index is 1.30. The van der Waals surface area contributed by atoms with Gasteiger partial charge in [0.2, 0.25) is 5.91 Å². The maximum Gasteiger partial charge on any atom is 0.255 e. The lowest BCUT2D eigenvalue weighted by atomic mass is 10.1. The summed E-state index contributed by atoms with van der Waals surface area (Å²) in [7, 11) is 0. The van der Waals surface area contributed by atoms with E-state index in [2.05, 4.69) is 15.6 Å². The molecule has 7 nitrogen and oxygen atoms in total. The second kappa shape index (κ2) is 11.5. The monoisotopic (exact) mass is 474 g/mol. The number of rotatable bonds is 8. The van der Waals surface area contributed by atoms with E-state index in [1.54, 1.807) is 42.6 Å². The Labute approximate surface area is 203 Å². The van der Waals surface area contributed by atoms with Gasteiger partial charge in [-0.3, -0.25) is 14.4 Å². The van der Waals surface area contributed by atoms with Crippen LogP contribution in [0.25, 0.3) is 0 Å². The lowest BCUT2D eigenvalue weighted by molar-refractivity contribution is -0.113. The lowest BCUT2D eigenvalue weighted by Crippen LogP contribution is -2.27. The maximum atomic E-state index is 12.7. The molecule has 0 aliphatic carbocycles. The first-order chi connectivity index (χ1) is 16.6. The van der Waals surface area contributed by atoms with Crippen molar-refractivity contribution in [3.63, 3.8) is 0 Å². The van der Waals surface area contributed by atoms with E-state index in [4.69, 9.17) is 0 Å². The zero-order chi connectivity index (χ0) is 23.8. The third-order valence-corrected chi connectivity index (χ3v) is 6.41. The summed E-state index contributed by atoms with van der Waals surface area (Å²) in [5.41, 5.74) is 2.42. The summed E-state index contributed by atoms with van der Waals surface area (Å²) in [6.07, 6.45) is 3.65. The first-order valence-electron chi connectivity index (χ1n) is 11.2. The highest BCUT2D eigenvalue weighted by Gasteiger charge is 2.19. The zero-order valence-corrected chi connectivity index (χ0v) is 19.5. The molecule has 2 N–H and O–H groups in total. The summed E-state index contributed by atoms with van der Waals surface area (Å²) in [5, 5.41) is 6.36. The summed E-state index contributed by atoms with van der Waals surface area (Å²) in [6, 6.07) is 20.1. The van der Waals surface area contributed by atoms with Crippen LogP contribution in [-0.4, -0.2) is 46.4 Å². The van der Waals surface area contributed by atoms with Crippen molar-refractivity contribution in [3.05, 3.63) is 89.6 Å². The van der Waals surface area contributed by atoms with Crippen LogP contribution in [0.15, 0.2) is 78.0 Å². The van der Waals surface area contributed by atoms with Crippen molar-refractivity contribution in [1.29, 1.82) is 0 Å². The molecule has 174 valence electrons. The summed E-state index contributed by atoms with van der Waals surface area (Å²) < 4.78 is 0. The number of thioether (sulfide) groups is 1. The fourth-order valence-electron chi connectivity index (χ4n) is 3.68. The summed E-state index contributed by atoms with van der Waals surface area (Å²) in [5.74, 6) is -0.368. The Bertz CT molecular complexity index is 1150. The topological polar surface area (TPSA) is 91.4 Å². The van der Waals surface area contributed by atoms with Crippen LogP contribution < -0.4 is 10.6 Å². The molecule has 0 radical (unpaired) electrons. The van der Waals surface area contributed by atoms with Crippen molar-refractivity contribution in [1.82, 2.24) is 15.2 Å². The fourth-order valence-corrected chi connectivity index (χ4v) is 4.33. The molecule has 2 aromatic carbocycles. The van der Waals surface area contributed by atoms with Crippen LogP contribution in [0.2, 0.25) is 0 Å². The number of hydrogen-bond acceptors (Lipinski definition) is 5. The summed E-state index contributed by atoms with van der Waals surface area (Å²) in [4.78, 5) is 43.8. The van der Waals surface area contributed by atoms with Gasteiger partial charge in [0.05, 0.1) is 27.6 Å². The minimum absolute atomic E-state index is 0.00133. The van der Waals surface area contributed by atoms with Crippen molar-refractivity contribution in [2.75, 3.05) is 24.2 Å². The van der Waals surface area contributed by atoms with Crippen molar-refractivity contribution >= 4 is 35.2 Å². The van der Waals surface area contributed by atoms with E-state index in [1.165, 1.54) is 11.8 Å². The quantitative estimate of drug-likeness (QED) is 0.482. The van der Waals surface area contributed by atoms with E-state index in [1.807, 2.05) is 35.2 Å². The standard InChI is InChI=1S/C26H26N4O3S/c31-23(18-34-24-13-12-20(17-27-24)26(33)30-14-6-7-15-30)29-22-11-5-4-10-21(22)25(32)28-16-19-8-2-1-3-9-19/h1-5,8-13,17H,6-7,14-16,18H2,(H,28,32)(H,29,31). The molecule has 0 unspecified atom stereocenters. The molecule has 1 aliphatic rings. The molecule has 3 amide bonds. The second-order valence-corrected chi connectivity index (χ2v) is 8.93. The van der Waals surface area contributed by atoms with E-state index >= 15 is 0 Å². The minimum atomic E-state index is -0.257. The van der Waals surface area contributed by atoms with Crippen LogP contribution in [0.5, 0.6) is 0 Å². The molecule has 4 rings (SSSR count). The molecule has 34 heavy (non-hydrogen) atoms. The molecular formula is C26H26N4O3S. The smallest absolute Gasteiger partial charge is 0.255 e. The molecule has 3 aromatic rings. The number of amides is 3. The number of hydrogen-bond donors (Lipinski definition) is 2. The van der Waals surface area contributed by atoms with Gasteiger partial charge in [0, 0.05) is 25.8 Å².